The van der Waals surface area contributed by atoms with Gasteiger partial charge in [-0.3, -0.25) is 4.79 Å². The summed E-state index contributed by atoms with van der Waals surface area (Å²) in [4.78, 5) is 13.6. The summed E-state index contributed by atoms with van der Waals surface area (Å²) in [5.74, 6) is 0.258. The van der Waals surface area contributed by atoms with E-state index >= 15 is 0 Å². The van der Waals surface area contributed by atoms with Gasteiger partial charge < -0.3 is 20.8 Å². The highest BCUT2D eigenvalue weighted by molar-refractivity contribution is 6.30. The Morgan fingerprint density at radius 2 is 1.82 bits per heavy atom. The number of nitrogens with two attached hydrogens (primary N) is 1. The highest BCUT2D eigenvalue weighted by Crippen LogP contribution is 2.36. The van der Waals surface area contributed by atoms with Gasteiger partial charge in [-0.25, -0.2) is 0 Å². The van der Waals surface area contributed by atoms with Gasteiger partial charge in [-0.05, 0) is 31.6 Å². The number of carbonyl (C=O) groups is 1. The Hall–Kier alpha value is -0.0700. The predicted molar refractivity (Wildman–Crippen MR) is 87.0 cm³/mol. The second-order valence-corrected chi connectivity index (χ2v) is 7.62. The van der Waals surface area contributed by atoms with Crippen molar-refractivity contribution in [2.45, 2.75) is 55.0 Å². The number of hydrogen-bond donors (Lipinski definition) is 3. The predicted octanol–water partition coefficient (Wildman–Crippen LogP) is 0.920. The molecule has 4 N–H and O–H groups in total. The monoisotopic (exact) mass is 352 g/mol. The van der Waals surface area contributed by atoms with E-state index in [1.807, 2.05) is 0 Å². The largest absolute Gasteiger partial charge is 0.396 e. The first-order valence-electron chi connectivity index (χ1n) is 8.04. The topological polar surface area (TPSA) is 86.8 Å². The van der Waals surface area contributed by atoms with Gasteiger partial charge in [-0.1, -0.05) is 0 Å². The summed E-state index contributed by atoms with van der Waals surface area (Å²) in [6, 6.07) is -0.115. The van der Waals surface area contributed by atoms with Gasteiger partial charge in [0.2, 0.25) is 5.91 Å². The quantitative estimate of drug-likeness (QED) is 0.656. The molecule has 5 atom stereocenters. The van der Waals surface area contributed by atoms with Crippen molar-refractivity contribution in [2.75, 3.05) is 19.7 Å². The first kappa shape index (κ1) is 18.3. The number of aliphatic hydroxyl groups is 2. The van der Waals surface area contributed by atoms with Crippen LogP contribution >= 0.6 is 23.2 Å². The van der Waals surface area contributed by atoms with Gasteiger partial charge in [0.15, 0.2) is 0 Å². The molecule has 0 spiro atoms. The highest BCUT2D eigenvalue weighted by Gasteiger charge is 2.40. The van der Waals surface area contributed by atoms with Crippen molar-refractivity contribution in [1.82, 2.24) is 4.90 Å². The summed E-state index contributed by atoms with van der Waals surface area (Å²) in [6.07, 6.45) is 2.48. The van der Waals surface area contributed by atoms with Crippen LogP contribution in [0.1, 0.15) is 32.1 Å². The Balaban J connectivity index is 1.86. The van der Waals surface area contributed by atoms with E-state index in [2.05, 4.69) is 0 Å². The lowest BCUT2D eigenvalue weighted by atomic mass is 9.74. The van der Waals surface area contributed by atoms with Crippen molar-refractivity contribution in [3.05, 3.63) is 0 Å². The molecule has 5 nitrogen and oxygen atoms in total. The number of alkyl halides is 2. The number of nitrogens with zero attached hydrogens (tertiary/aromatic N) is 1. The van der Waals surface area contributed by atoms with E-state index in [1.165, 1.54) is 0 Å². The number of rotatable bonds is 4. The first-order chi connectivity index (χ1) is 10.4. The Kier molecular flexibility index (Phi) is 6.77. The van der Waals surface area contributed by atoms with E-state index in [4.69, 9.17) is 34.0 Å². The zero-order valence-corrected chi connectivity index (χ0v) is 14.2. The van der Waals surface area contributed by atoms with Gasteiger partial charge in [-0.15, -0.1) is 23.2 Å². The fraction of sp³-hybridized carbons (Fsp3) is 0.933. The van der Waals surface area contributed by atoms with Gasteiger partial charge in [0.1, 0.15) is 0 Å². The Morgan fingerprint density at radius 3 is 2.41 bits per heavy atom. The summed E-state index contributed by atoms with van der Waals surface area (Å²) in [7, 11) is 0. The zero-order valence-electron chi connectivity index (χ0n) is 12.7. The highest BCUT2D eigenvalue weighted by atomic mass is 35.5. The lowest BCUT2D eigenvalue weighted by molar-refractivity contribution is -0.133. The Bertz CT molecular complexity index is 378. The molecule has 128 valence electrons. The standard InChI is InChI=1S/C15H26Cl2N2O3/c16-11-7-10(13(21)8-12(11)17)15(18)9-1-4-19(5-2-9)14(22)3-6-20/h9-13,15,20-21H,1-8,18H2/t10?,11?,12?,13?,15-/m1/s1. The molecule has 1 saturated carbocycles. The molecule has 7 heteroatoms. The van der Waals surface area contributed by atoms with Crippen molar-refractivity contribution in [1.29, 1.82) is 0 Å². The van der Waals surface area contributed by atoms with Crippen LogP contribution in [0.2, 0.25) is 0 Å². The smallest absolute Gasteiger partial charge is 0.224 e. The Labute approximate surface area is 141 Å². The minimum Gasteiger partial charge on any atom is -0.396 e. The minimum atomic E-state index is -0.499. The van der Waals surface area contributed by atoms with E-state index < -0.39 is 6.10 Å². The summed E-state index contributed by atoms with van der Waals surface area (Å²) < 4.78 is 0. The number of carbonyl (C=O) groups excluding carboxylic acids is 1. The molecule has 0 aromatic carbocycles. The molecule has 1 saturated heterocycles. The molecule has 22 heavy (non-hydrogen) atoms. The van der Waals surface area contributed by atoms with Crippen LogP contribution in [-0.4, -0.2) is 63.6 Å². The van der Waals surface area contributed by atoms with Crippen LogP contribution < -0.4 is 5.73 Å². The number of halogens is 2. The van der Waals surface area contributed by atoms with Crippen LogP contribution in [0, 0.1) is 11.8 Å². The lowest BCUT2D eigenvalue weighted by Crippen LogP contribution is -2.51. The molecule has 4 unspecified atom stereocenters. The number of hydrogen-bond acceptors (Lipinski definition) is 4. The van der Waals surface area contributed by atoms with Crippen molar-refractivity contribution >= 4 is 29.1 Å². The van der Waals surface area contributed by atoms with Crippen molar-refractivity contribution in [3.63, 3.8) is 0 Å². The number of amides is 1. The maximum absolute atomic E-state index is 11.8. The molecule has 2 fully saturated rings. The summed E-state index contributed by atoms with van der Waals surface area (Å²) in [5.41, 5.74) is 6.40. The molecule has 2 rings (SSSR count). The first-order valence-corrected chi connectivity index (χ1v) is 8.91. The molecular formula is C15H26Cl2N2O3. The summed E-state index contributed by atoms with van der Waals surface area (Å²) in [5, 5.41) is 18.7. The van der Waals surface area contributed by atoms with E-state index in [1.54, 1.807) is 4.90 Å². The van der Waals surface area contributed by atoms with E-state index in [9.17, 15) is 9.90 Å². The maximum atomic E-state index is 11.8. The van der Waals surface area contributed by atoms with Crippen LogP contribution in [0.25, 0.3) is 0 Å². The third kappa shape index (κ3) is 4.26. The zero-order chi connectivity index (χ0) is 16.3. The normalized spacial score (nSPS) is 35.4. The van der Waals surface area contributed by atoms with Crippen molar-refractivity contribution in [3.8, 4) is 0 Å². The van der Waals surface area contributed by atoms with Crippen molar-refractivity contribution < 1.29 is 15.0 Å². The number of aliphatic hydroxyl groups excluding tert-OH is 2. The number of piperidine rings is 1. The molecule has 0 aromatic heterocycles. The van der Waals surface area contributed by atoms with Crippen LogP contribution in [0.15, 0.2) is 0 Å². The molecule has 1 amide bonds. The average Bonchev–Trinajstić information content (AvgIpc) is 2.50. The SMILES string of the molecule is N[C@H](C1CCN(C(=O)CCO)CC1)C1CC(Cl)C(Cl)CC1O. The lowest BCUT2D eigenvalue weighted by Gasteiger charge is -2.42. The second kappa shape index (κ2) is 8.15. The third-order valence-electron chi connectivity index (χ3n) is 5.11. The van der Waals surface area contributed by atoms with Gasteiger partial charge in [-0.2, -0.15) is 0 Å². The van der Waals surface area contributed by atoms with Crippen molar-refractivity contribution in [2.24, 2.45) is 17.6 Å². The van der Waals surface area contributed by atoms with Gasteiger partial charge in [0.05, 0.1) is 23.5 Å². The molecule has 0 aromatic rings. The molecule has 1 aliphatic heterocycles. The molecule has 0 bridgehead atoms. The fourth-order valence-electron chi connectivity index (χ4n) is 3.67. The van der Waals surface area contributed by atoms with Crippen LogP contribution in [0.4, 0.5) is 0 Å². The molecular weight excluding hydrogens is 327 g/mol. The van der Waals surface area contributed by atoms with E-state index in [0.29, 0.717) is 25.9 Å². The van der Waals surface area contributed by atoms with Crippen LogP contribution in [-0.2, 0) is 4.79 Å². The van der Waals surface area contributed by atoms with Gasteiger partial charge in [0, 0.05) is 31.5 Å². The molecule has 1 aliphatic carbocycles. The van der Waals surface area contributed by atoms with Crippen LogP contribution in [0.3, 0.4) is 0 Å². The van der Waals surface area contributed by atoms with E-state index in [-0.39, 0.29) is 47.6 Å². The molecule has 2 aliphatic rings. The fourth-order valence-corrected chi connectivity index (χ4v) is 4.26. The van der Waals surface area contributed by atoms with Gasteiger partial charge >= 0.3 is 0 Å². The van der Waals surface area contributed by atoms with E-state index in [0.717, 1.165) is 12.8 Å². The number of likely N-dealkylation sites (tertiary alicyclic amines) is 1. The second-order valence-electron chi connectivity index (χ2n) is 6.50. The minimum absolute atomic E-state index is 0.00183. The van der Waals surface area contributed by atoms with Crippen LogP contribution in [0.5, 0.6) is 0 Å². The molecule has 0 radical (unpaired) electrons. The Morgan fingerprint density at radius 1 is 1.23 bits per heavy atom. The summed E-state index contributed by atoms with van der Waals surface area (Å²) in [6.45, 7) is 1.23. The van der Waals surface area contributed by atoms with Gasteiger partial charge in [0.25, 0.3) is 0 Å². The third-order valence-corrected chi connectivity index (χ3v) is 6.20. The maximum Gasteiger partial charge on any atom is 0.224 e. The average molecular weight is 353 g/mol. The molecule has 1 heterocycles. The summed E-state index contributed by atoms with van der Waals surface area (Å²) >= 11 is 12.3.